The number of nitriles is 1. The second-order valence-electron chi connectivity index (χ2n) is 3.55. The first-order chi connectivity index (χ1) is 6.24. The van der Waals surface area contributed by atoms with Gasteiger partial charge in [0.2, 0.25) is 0 Å². The zero-order chi connectivity index (χ0) is 9.68. The van der Waals surface area contributed by atoms with Gasteiger partial charge in [0, 0.05) is 19.3 Å². The van der Waals surface area contributed by atoms with Crippen molar-refractivity contribution in [3.8, 4) is 6.07 Å². The lowest BCUT2D eigenvalue weighted by Gasteiger charge is -2.29. The fourth-order valence-corrected chi connectivity index (χ4v) is 1.89. The average molecular weight is 181 g/mol. The Labute approximate surface area is 78.7 Å². The lowest BCUT2D eigenvalue weighted by atomic mass is 9.84. The molecule has 2 atom stereocenters. The van der Waals surface area contributed by atoms with E-state index in [9.17, 15) is 4.79 Å². The zero-order valence-corrected chi connectivity index (χ0v) is 7.95. The molecule has 0 aromatic carbocycles. The molecule has 1 aliphatic carbocycles. The van der Waals surface area contributed by atoms with Gasteiger partial charge < -0.3 is 4.74 Å². The molecule has 3 heteroatoms. The predicted octanol–water partition coefficient (Wildman–Crippen LogP) is 2.02. The van der Waals surface area contributed by atoms with E-state index in [0.717, 1.165) is 25.7 Å². The van der Waals surface area contributed by atoms with Gasteiger partial charge in [0.1, 0.15) is 6.10 Å². The van der Waals surface area contributed by atoms with Gasteiger partial charge in [0.05, 0.1) is 6.07 Å². The standard InChI is InChI=1S/C10H15NO2/c1-8(12)13-10-5-3-2-4-9(10)6-7-11/h9-10H,2-6H2,1H3/t9-,10+/m0/s1. The van der Waals surface area contributed by atoms with Crippen LogP contribution in [0.4, 0.5) is 0 Å². The van der Waals surface area contributed by atoms with E-state index in [1.54, 1.807) is 0 Å². The molecule has 0 bridgehead atoms. The molecule has 0 unspecified atom stereocenters. The van der Waals surface area contributed by atoms with Crippen molar-refractivity contribution in [2.75, 3.05) is 0 Å². The molecule has 1 aliphatic rings. The number of carbonyl (C=O) groups is 1. The maximum atomic E-state index is 10.8. The Morgan fingerprint density at radius 2 is 2.23 bits per heavy atom. The largest absolute Gasteiger partial charge is 0.462 e. The summed E-state index contributed by atoms with van der Waals surface area (Å²) in [5.41, 5.74) is 0. The summed E-state index contributed by atoms with van der Waals surface area (Å²) in [4.78, 5) is 10.8. The van der Waals surface area contributed by atoms with Gasteiger partial charge in [-0.3, -0.25) is 4.79 Å². The van der Waals surface area contributed by atoms with E-state index in [0.29, 0.717) is 6.42 Å². The van der Waals surface area contributed by atoms with Crippen molar-refractivity contribution in [2.45, 2.75) is 45.1 Å². The Morgan fingerprint density at radius 3 is 2.85 bits per heavy atom. The van der Waals surface area contributed by atoms with E-state index in [1.807, 2.05) is 0 Å². The molecule has 0 amide bonds. The number of hydrogen-bond donors (Lipinski definition) is 0. The summed E-state index contributed by atoms with van der Waals surface area (Å²) in [5, 5.41) is 8.58. The first kappa shape index (κ1) is 10.0. The zero-order valence-electron chi connectivity index (χ0n) is 7.95. The SMILES string of the molecule is CC(=O)O[C@@H]1CCCC[C@H]1CC#N. The molecule has 13 heavy (non-hydrogen) atoms. The van der Waals surface area contributed by atoms with Crippen molar-refractivity contribution in [1.29, 1.82) is 5.26 Å². The third-order valence-corrected chi connectivity index (χ3v) is 2.51. The minimum absolute atomic E-state index is 0.00843. The molecule has 0 aromatic rings. The third-order valence-electron chi connectivity index (χ3n) is 2.51. The van der Waals surface area contributed by atoms with E-state index in [2.05, 4.69) is 6.07 Å². The van der Waals surface area contributed by atoms with Crippen molar-refractivity contribution in [1.82, 2.24) is 0 Å². The molecule has 0 aliphatic heterocycles. The van der Waals surface area contributed by atoms with Crippen LogP contribution >= 0.6 is 0 Å². The van der Waals surface area contributed by atoms with Gasteiger partial charge in [-0.05, 0) is 19.3 Å². The van der Waals surface area contributed by atoms with Crippen LogP contribution in [0.2, 0.25) is 0 Å². The number of nitrogens with zero attached hydrogens (tertiary/aromatic N) is 1. The molecule has 0 aromatic heterocycles. The monoisotopic (exact) mass is 181 g/mol. The Hall–Kier alpha value is -1.04. The highest BCUT2D eigenvalue weighted by Gasteiger charge is 2.26. The second-order valence-corrected chi connectivity index (χ2v) is 3.55. The van der Waals surface area contributed by atoms with Crippen LogP contribution in [0.15, 0.2) is 0 Å². The lowest BCUT2D eigenvalue weighted by Crippen LogP contribution is -2.29. The van der Waals surface area contributed by atoms with Crippen LogP contribution in [0.3, 0.4) is 0 Å². The van der Waals surface area contributed by atoms with Crippen LogP contribution in [0.1, 0.15) is 39.0 Å². The molecule has 1 fully saturated rings. The van der Waals surface area contributed by atoms with Crippen LogP contribution in [0, 0.1) is 17.2 Å². The van der Waals surface area contributed by atoms with Gasteiger partial charge in [-0.1, -0.05) is 6.42 Å². The number of rotatable bonds is 2. The van der Waals surface area contributed by atoms with Gasteiger partial charge in [0.25, 0.3) is 0 Å². The van der Waals surface area contributed by atoms with Gasteiger partial charge in [-0.15, -0.1) is 0 Å². The van der Waals surface area contributed by atoms with Gasteiger partial charge in [0.15, 0.2) is 0 Å². The summed E-state index contributed by atoms with van der Waals surface area (Å²) in [6.45, 7) is 1.43. The molecule has 0 N–H and O–H groups in total. The van der Waals surface area contributed by atoms with Crippen LogP contribution in [0.25, 0.3) is 0 Å². The molecule has 0 spiro atoms. The minimum Gasteiger partial charge on any atom is -0.462 e. The van der Waals surface area contributed by atoms with Crippen LogP contribution in [-0.4, -0.2) is 12.1 Å². The summed E-state index contributed by atoms with van der Waals surface area (Å²) in [7, 11) is 0. The normalized spacial score (nSPS) is 27.7. The Kier molecular flexibility index (Phi) is 3.75. The number of hydrogen-bond acceptors (Lipinski definition) is 3. The molecule has 0 heterocycles. The van der Waals surface area contributed by atoms with E-state index < -0.39 is 0 Å². The lowest BCUT2D eigenvalue weighted by molar-refractivity contribution is -0.150. The molecular formula is C10H15NO2. The number of ether oxygens (including phenoxy) is 1. The highest BCUT2D eigenvalue weighted by Crippen LogP contribution is 2.28. The molecule has 1 rings (SSSR count). The fraction of sp³-hybridized carbons (Fsp3) is 0.800. The summed E-state index contributed by atoms with van der Waals surface area (Å²) in [6.07, 6.45) is 4.71. The second kappa shape index (κ2) is 4.86. The summed E-state index contributed by atoms with van der Waals surface area (Å²) in [6, 6.07) is 2.15. The minimum atomic E-state index is -0.227. The number of carbonyl (C=O) groups excluding carboxylic acids is 1. The fourth-order valence-electron chi connectivity index (χ4n) is 1.89. The molecule has 0 saturated heterocycles. The summed E-state index contributed by atoms with van der Waals surface area (Å²) >= 11 is 0. The first-order valence-electron chi connectivity index (χ1n) is 4.78. The Balaban J connectivity index is 2.47. The predicted molar refractivity (Wildman–Crippen MR) is 47.7 cm³/mol. The molecular weight excluding hydrogens is 166 g/mol. The van der Waals surface area contributed by atoms with Gasteiger partial charge in [-0.2, -0.15) is 5.26 Å². The third kappa shape index (κ3) is 3.06. The highest BCUT2D eigenvalue weighted by molar-refractivity contribution is 5.66. The van der Waals surface area contributed by atoms with Crippen LogP contribution in [0.5, 0.6) is 0 Å². The maximum absolute atomic E-state index is 10.8. The molecule has 0 radical (unpaired) electrons. The molecule has 3 nitrogen and oxygen atoms in total. The van der Waals surface area contributed by atoms with Crippen molar-refractivity contribution < 1.29 is 9.53 Å². The maximum Gasteiger partial charge on any atom is 0.302 e. The summed E-state index contributed by atoms with van der Waals surface area (Å²) < 4.78 is 5.17. The average Bonchev–Trinajstić information content (AvgIpc) is 2.08. The van der Waals surface area contributed by atoms with E-state index in [4.69, 9.17) is 10.00 Å². The molecule has 72 valence electrons. The van der Waals surface area contributed by atoms with Crippen LogP contribution < -0.4 is 0 Å². The van der Waals surface area contributed by atoms with E-state index >= 15 is 0 Å². The van der Waals surface area contributed by atoms with Crippen molar-refractivity contribution >= 4 is 5.97 Å². The van der Waals surface area contributed by atoms with E-state index in [1.165, 1.54) is 6.92 Å². The highest BCUT2D eigenvalue weighted by atomic mass is 16.5. The summed E-state index contributed by atoms with van der Waals surface area (Å²) in [5.74, 6) is 0.0393. The Morgan fingerprint density at radius 1 is 1.54 bits per heavy atom. The van der Waals surface area contributed by atoms with Crippen molar-refractivity contribution in [3.05, 3.63) is 0 Å². The topological polar surface area (TPSA) is 50.1 Å². The van der Waals surface area contributed by atoms with Crippen molar-refractivity contribution in [3.63, 3.8) is 0 Å². The van der Waals surface area contributed by atoms with Gasteiger partial charge >= 0.3 is 5.97 Å². The van der Waals surface area contributed by atoms with E-state index in [-0.39, 0.29) is 18.0 Å². The van der Waals surface area contributed by atoms with Gasteiger partial charge in [-0.25, -0.2) is 0 Å². The molecule has 1 saturated carbocycles. The van der Waals surface area contributed by atoms with Crippen molar-refractivity contribution in [2.24, 2.45) is 5.92 Å². The number of esters is 1. The quantitative estimate of drug-likeness (QED) is 0.612. The first-order valence-corrected chi connectivity index (χ1v) is 4.78. The van der Waals surface area contributed by atoms with Crippen LogP contribution in [-0.2, 0) is 9.53 Å². The smallest absolute Gasteiger partial charge is 0.302 e. The Bertz CT molecular complexity index is 219.